The molecule has 6 nitrogen and oxygen atoms in total. The molecule has 1 aromatic heterocycles. The van der Waals surface area contributed by atoms with E-state index in [0.717, 1.165) is 56.3 Å². The molecule has 2 fully saturated rings. The first-order valence-electron chi connectivity index (χ1n) is 13.6. The summed E-state index contributed by atoms with van der Waals surface area (Å²) in [5, 5.41) is 0.766. The van der Waals surface area contributed by atoms with E-state index in [1.807, 2.05) is 61.7 Å². The molecular weight excluding hydrogens is 496 g/mol. The van der Waals surface area contributed by atoms with E-state index >= 15 is 0 Å². The summed E-state index contributed by atoms with van der Waals surface area (Å²) in [6.07, 6.45) is 4.78. The number of piperazine rings is 1. The van der Waals surface area contributed by atoms with Crippen LogP contribution in [-0.2, 0) is 11.2 Å². The second kappa shape index (κ2) is 12.3. The molecule has 0 radical (unpaired) electrons. The molecule has 0 bridgehead atoms. The molecule has 1 unspecified atom stereocenters. The quantitative estimate of drug-likeness (QED) is 0.391. The van der Waals surface area contributed by atoms with Gasteiger partial charge in [0.1, 0.15) is 11.9 Å². The highest BCUT2D eigenvalue weighted by Gasteiger charge is 2.40. The van der Waals surface area contributed by atoms with Crippen LogP contribution < -0.4 is 4.90 Å². The number of hydrogen-bond donors (Lipinski definition) is 0. The third kappa shape index (κ3) is 6.37. The lowest BCUT2D eigenvalue weighted by Gasteiger charge is -2.51. The van der Waals surface area contributed by atoms with Gasteiger partial charge in [0.15, 0.2) is 0 Å². The third-order valence-corrected chi connectivity index (χ3v) is 8.32. The average Bonchev–Trinajstić information content (AvgIpc) is 2.95. The standard InChI is InChI=1S/C31H37ClN4O2/c1-23(38-31(37)25-8-4-3-5-9-25)29-22-36(27-15-18-35(19-16-27)30-10-6-7-17-33-30)28(21-34(29)2)20-24-11-13-26(32)14-12-24/h3-14,17,23,27-29H,15-16,18-22H2,1-2H3/t23?,28-,29+/m0/s1. The molecule has 7 heteroatoms. The zero-order chi connectivity index (χ0) is 26.5. The fourth-order valence-electron chi connectivity index (χ4n) is 5.96. The van der Waals surface area contributed by atoms with Gasteiger partial charge in [-0.1, -0.05) is 48.0 Å². The summed E-state index contributed by atoms with van der Waals surface area (Å²) in [5.41, 5.74) is 1.89. The van der Waals surface area contributed by atoms with E-state index in [1.54, 1.807) is 0 Å². The number of aromatic nitrogens is 1. The number of piperidine rings is 1. The highest BCUT2D eigenvalue weighted by molar-refractivity contribution is 6.30. The van der Waals surface area contributed by atoms with Crippen LogP contribution in [0.4, 0.5) is 5.82 Å². The molecule has 3 heterocycles. The largest absolute Gasteiger partial charge is 0.457 e. The van der Waals surface area contributed by atoms with Gasteiger partial charge >= 0.3 is 5.97 Å². The Bertz CT molecular complexity index is 1170. The van der Waals surface area contributed by atoms with Crippen molar-refractivity contribution in [2.75, 3.05) is 38.1 Å². The van der Waals surface area contributed by atoms with Crippen LogP contribution in [0, 0.1) is 0 Å². The number of carbonyl (C=O) groups is 1. The summed E-state index contributed by atoms with van der Waals surface area (Å²) in [7, 11) is 2.16. The molecule has 3 aromatic rings. The van der Waals surface area contributed by atoms with E-state index in [9.17, 15) is 4.79 Å². The van der Waals surface area contributed by atoms with Crippen LogP contribution >= 0.6 is 11.6 Å². The van der Waals surface area contributed by atoms with E-state index in [-0.39, 0.29) is 18.1 Å². The number of likely N-dealkylation sites (N-methyl/N-ethyl adjacent to an activating group) is 1. The van der Waals surface area contributed by atoms with Crippen LogP contribution in [0.3, 0.4) is 0 Å². The highest BCUT2D eigenvalue weighted by Crippen LogP contribution is 2.29. The summed E-state index contributed by atoms with van der Waals surface area (Å²) < 4.78 is 5.99. The molecule has 0 saturated carbocycles. The molecular formula is C31H37ClN4O2. The molecule has 0 amide bonds. The first-order valence-corrected chi connectivity index (χ1v) is 14.0. The Morgan fingerprint density at radius 1 is 1.00 bits per heavy atom. The fourth-order valence-corrected chi connectivity index (χ4v) is 6.09. The van der Waals surface area contributed by atoms with Crippen molar-refractivity contribution in [3.05, 3.63) is 95.1 Å². The molecule has 200 valence electrons. The van der Waals surface area contributed by atoms with Crippen LogP contribution in [0.15, 0.2) is 79.0 Å². The minimum absolute atomic E-state index is 0.123. The maximum Gasteiger partial charge on any atom is 0.338 e. The number of anilines is 1. The van der Waals surface area contributed by atoms with Crippen molar-refractivity contribution in [1.29, 1.82) is 0 Å². The number of halogens is 1. The van der Waals surface area contributed by atoms with Crippen LogP contribution in [0.1, 0.15) is 35.7 Å². The van der Waals surface area contributed by atoms with E-state index in [0.29, 0.717) is 17.6 Å². The summed E-state index contributed by atoms with van der Waals surface area (Å²) in [6, 6.07) is 24.6. The van der Waals surface area contributed by atoms with Crippen molar-refractivity contribution in [3.63, 3.8) is 0 Å². The van der Waals surface area contributed by atoms with Gasteiger partial charge in [0.2, 0.25) is 0 Å². The zero-order valence-electron chi connectivity index (χ0n) is 22.2. The van der Waals surface area contributed by atoms with Crippen LogP contribution in [0.25, 0.3) is 0 Å². The number of carbonyl (C=O) groups excluding carboxylic acids is 1. The second-order valence-electron chi connectivity index (χ2n) is 10.6. The van der Waals surface area contributed by atoms with Gasteiger partial charge in [0.05, 0.1) is 11.6 Å². The number of hydrogen-bond acceptors (Lipinski definition) is 6. The molecule has 5 rings (SSSR count). The molecule has 0 aliphatic carbocycles. The van der Waals surface area contributed by atoms with Crippen molar-refractivity contribution < 1.29 is 9.53 Å². The fraction of sp³-hybridized carbons (Fsp3) is 0.419. The van der Waals surface area contributed by atoms with Gasteiger partial charge in [0, 0.05) is 49.5 Å². The number of pyridine rings is 1. The summed E-state index contributed by atoms with van der Waals surface area (Å²) in [5.74, 6) is 0.798. The van der Waals surface area contributed by atoms with Crippen molar-refractivity contribution in [3.8, 4) is 0 Å². The Morgan fingerprint density at radius 3 is 2.39 bits per heavy atom. The average molecular weight is 533 g/mol. The molecule has 3 atom stereocenters. The van der Waals surface area contributed by atoms with E-state index in [2.05, 4.69) is 51.0 Å². The number of benzene rings is 2. The Balaban J connectivity index is 1.30. The lowest BCUT2D eigenvalue weighted by Crippen LogP contribution is -2.64. The second-order valence-corrected chi connectivity index (χ2v) is 11.0. The molecule has 0 N–H and O–H groups in total. The minimum Gasteiger partial charge on any atom is -0.457 e. The van der Waals surface area contributed by atoms with E-state index < -0.39 is 0 Å². The van der Waals surface area contributed by atoms with Gasteiger partial charge in [0.25, 0.3) is 0 Å². The van der Waals surface area contributed by atoms with Gasteiger partial charge in [-0.25, -0.2) is 9.78 Å². The van der Waals surface area contributed by atoms with Gasteiger partial charge < -0.3 is 9.64 Å². The Kier molecular flexibility index (Phi) is 8.62. The van der Waals surface area contributed by atoms with Crippen molar-refractivity contribution in [2.24, 2.45) is 0 Å². The molecule has 2 aliphatic heterocycles. The number of rotatable bonds is 7. The van der Waals surface area contributed by atoms with Crippen LogP contribution in [0.2, 0.25) is 5.02 Å². The lowest BCUT2D eigenvalue weighted by molar-refractivity contribution is -0.0459. The normalized spacial score (nSPS) is 22.2. The zero-order valence-corrected chi connectivity index (χ0v) is 23.0. The molecule has 2 aromatic carbocycles. The van der Waals surface area contributed by atoms with E-state index in [1.165, 1.54) is 5.56 Å². The van der Waals surface area contributed by atoms with Gasteiger partial charge in [-0.05, 0) is 75.2 Å². The third-order valence-electron chi connectivity index (χ3n) is 8.07. The lowest BCUT2D eigenvalue weighted by atomic mass is 9.92. The maximum absolute atomic E-state index is 12.8. The van der Waals surface area contributed by atoms with Gasteiger partial charge in [-0.2, -0.15) is 0 Å². The molecule has 2 aliphatic rings. The first kappa shape index (κ1) is 26.7. The maximum atomic E-state index is 12.8. The summed E-state index contributed by atoms with van der Waals surface area (Å²) in [6.45, 7) is 5.80. The predicted octanol–water partition coefficient (Wildman–Crippen LogP) is 5.18. The Morgan fingerprint density at radius 2 is 1.71 bits per heavy atom. The van der Waals surface area contributed by atoms with Crippen molar-refractivity contribution in [2.45, 2.75) is 50.4 Å². The molecule has 38 heavy (non-hydrogen) atoms. The highest BCUT2D eigenvalue weighted by atomic mass is 35.5. The number of nitrogens with zero attached hydrogens (tertiary/aromatic N) is 4. The smallest absolute Gasteiger partial charge is 0.338 e. The molecule has 2 saturated heterocycles. The Hall–Kier alpha value is -2.93. The predicted molar refractivity (Wildman–Crippen MR) is 153 cm³/mol. The van der Waals surface area contributed by atoms with Gasteiger partial charge in [-0.3, -0.25) is 9.80 Å². The summed E-state index contributed by atoms with van der Waals surface area (Å²) >= 11 is 6.16. The number of esters is 1. The van der Waals surface area contributed by atoms with Crippen LogP contribution in [-0.4, -0.2) is 78.2 Å². The Labute approximate surface area is 231 Å². The first-order chi connectivity index (χ1) is 18.5. The SMILES string of the molecule is CC(OC(=O)c1ccccc1)[C@H]1CN(C2CCN(c3ccccn3)CC2)[C@@H](Cc2ccc(Cl)cc2)CN1C. The number of ether oxygens (including phenoxy) is 1. The van der Waals surface area contributed by atoms with Crippen molar-refractivity contribution >= 4 is 23.4 Å². The van der Waals surface area contributed by atoms with Crippen molar-refractivity contribution in [1.82, 2.24) is 14.8 Å². The van der Waals surface area contributed by atoms with E-state index in [4.69, 9.17) is 16.3 Å². The topological polar surface area (TPSA) is 48.9 Å². The van der Waals surface area contributed by atoms with Gasteiger partial charge in [-0.15, -0.1) is 0 Å². The minimum atomic E-state index is -0.259. The monoisotopic (exact) mass is 532 g/mol. The summed E-state index contributed by atoms with van der Waals surface area (Å²) in [4.78, 5) is 24.8. The molecule has 0 spiro atoms. The van der Waals surface area contributed by atoms with Crippen LogP contribution in [0.5, 0.6) is 0 Å².